The maximum absolute atomic E-state index is 12.3. The van der Waals surface area contributed by atoms with Gasteiger partial charge in [-0.2, -0.15) is 0 Å². The Hall–Kier alpha value is -3.10. The third kappa shape index (κ3) is 6.61. The van der Waals surface area contributed by atoms with Gasteiger partial charge < -0.3 is 10.1 Å². The molecule has 138 valence electrons. The van der Waals surface area contributed by atoms with Crippen LogP contribution in [0.3, 0.4) is 0 Å². The van der Waals surface area contributed by atoms with Crippen molar-refractivity contribution in [2.45, 2.75) is 19.6 Å². The predicted molar refractivity (Wildman–Crippen MR) is 112 cm³/mol. The minimum atomic E-state index is -1.62. The quantitative estimate of drug-likeness (QED) is 0.364. The summed E-state index contributed by atoms with van der Waals surface area (Å²) in [5.74, 6) is 2.10. The summed E-state index contributed by atoms with van der Waals surface area (Å²) in [6.45, 7) is 6.28. The Labute approximate surface area is 161 Å². The van der Waals surface area contributed by atoms with Gasteiger partial charge in [-0.25, -0.2) is 4.79 Å². The molecule has 0 heterocycles. The number of benzene rings is 2. The Morgan fingerprint density at radius 2 is 1.59 bits per heavy atom. The summed E-state index contributed by atoms with van der Waals surface area (Å²) in [6.07, 6.45) is 1.51. The van der Waals surface area contributed by atoms with Gasteiger partial charge in [-0.15, -0.1) is 5.54 Å². The van der Waals surface area contributed by atoms with E-state index in [2.05, 4.69) is 36.4 Å². The van der Waals surface area contributed by atoms with E-state index in [1.54, 1.807) is 24.3 Å². The highest BCUT2D eigenvalue weighted by Gasteiger charge is 2.10. The topological polar surface area (TPSA) is 55.4 Å². The van der Waals surface area contributed by atoms with Gasteiger partial charge in [0.05, 0.1) is 18.4 Å². The van der Waals surface area contributed by atoms with Gasteiger partial charge in [-0.3, -0.25) is 4.79 Å². The summed E-state index contributed by atoms with van der Waals surface area (Å²) >= 11 is 0. The molecule has 0 aromatic heterocycles. The average Bonchev–Trinajstić information content (AvgIpc) is 2.66. The second kappa shape index (κ2) is 9.02. The Morgan fingerprint density at radius 3 is 2.15 bits per heavy atom. The van der Waals surface area contributed by atoms with Crippen LogP contribution in [0.1, 0.15) is 15.9 Å². The lowest BCUT2D eigenvalue weighted by Crippen LogP contribution is -2.17. The molecule has 27 heavy (non-hydrogen) atoms. The lowest BCUT2D eigenvalue weighted by molar-refractivity contribution is -0.109. The van der Waals surface area contributed by atoms with Crippen LogP contribution in [0.4, 0.5) is 5.69 Å². The molecule has 2 rings (SSSR count). The number of allylic oxidation sites excluding steroid dienone is 1. The van der Waals surface area contributed by atoms with Crippen molar-refractivity contribution in [2.75, 3.05) is 12.4 Å². The number of ketones is 1. The highest BCUT2D eigenvalue weighted by atomic mass is 28.3. The van der Waals surface area contributed by atoms with Crippen molar-refractivity contribution in [2.24, 2.45) is 0 Å². The zero-order valence-electron chi connectivity index (χ0n) is 16.0. The lowest BCUT2D eigenvalue weighted by atomic mass is 10.1. The van der Waals surface area contributed by atoms with E-state index in [0.29, 0.717) is 11.3 Å². The third-order valence-corrected chi connectivity index (χ3v) is 4.38. The number of anilines is 1. The van der Waals surface area contributed by atoms with Crippen molar-refractivity contribution in [3.8, 4) is 11.5 Å². The Bertz CT molecular complexity index is 899. The number of nitrogens with one attached hydrogen (secondary N) is 1. The number of hydrogen-bond donors (Lipinski definition) is 1. The Balaban J connectivity index is 2.31. The fraction of sp³-hybridized carbons (Fsp3) is 0.182. The number of carbonyl (C=O) groups excluding carboxylic acids is 2. The van der Waals surface area contributed by atoms with E-state index in [1.807, 2.05) is 30.3 Å². The molecule has 2 aromatic rings. The molecule has 4 nitrogen and oxygen atoms in total. The van der Waals surface area contributed by atoms with E-state index in [-0.39, 0.29) is 5.78 Å². The minimum Gasteiger partial charge on any atom is -0.465 e. The summed E-state index contributed by atoms with van der Waals surface area (Å²) in [5, 5.41) is 3.24. The van der Waals surface area contributed by atoms with E-state index in [0.717, 1.165) is 11.3 Å². The van der Waals surface area contributed by atoms with Crippen LogP contribution in [-0.2, 0) is 9.53 Å². The Kier molecular flexibility index (Phi) is 6.75. The lowest BCUT2D eigenvalue weighted by Gasteiger charge is -2.11. The summed E-state index contributed by atoms with van der Waals surface area (Å²) in [7, 11) is -0.276. The van der Waals surface area contributed by atoms with Crippen LogP contribution in [0.15, 0.2) is 60.7 Å². The summed E-state index contributed by atoms with van der Waals surface area (Å²) < 4.78 is 4.71. The van der Waals surface area contributed by atoms with Crippen molar-refractivity contribution in [1.82, 2.24) is 0 Å². The molecule has 0 unspecified atom stereocenters. The first kappa shape index (κ1) is 20.2. The maximum Gasteiger partial charge on any atom is 0.337 e. The minimum absolute atomic E-state index is 0.241. The predicted octanol–water partition coefficient (Wildman–Crippen LogP) is 4.38. The first-order valence-corrected chi connectivity index (χ1v) is 12.1. The zero-order chi connectivity index (χ0) is 19.9. The first-order valence-electron chi connectivity index (χ1n) is 8.58. The van der Waals surface area contributed by atoms with Crippen LogP contribution in [-0.4, -0.2) is 26.9 Å². The molecule has 0 saturated heterocycles. The van der Waals surface area contributed by atoms with Gasteiger partial charge in [0, 0.05) is 11.8 Å². The summed E-state index contributed by atoms with van der Waals surface area (Å²) in [6, 6.07) is 16.4. The average molecular weight is 378 g/mol. The number of ether oxygens (including phenoxy) is 1. The SMILES string of the molecule is COC(=O)c1ccc(N/C(=C\C(=O)C#C[Si](C)(C)C)c2ccccc2)cc1. The van der Waals surface area contributed by atoms with Gasteiger partial charge in [0.2, 0.25) is 5.78 Å². The molecular formula is C22H23NO3Si. The van der Waals surface area contributed by atoms with Gasteiger partial charge in [0.25, 0.3) is 0 Å². The molecule has 0 spiro atoms. The molecule has 0 bridgehead atoms. The number of methoxy groups -OCH3 is 1. The molecule has 1 N–H and O–H groups in total. The molecule has 0 radical (unpaired) electrons. The van der Waals surface area contributed by atoms with Crippen LogP contribution >= 0.6 is 0 Å². The summed E-state index contributed by atoms with van der Waals surface area (Å²) in [4.78, 5) is 23.9. The normalized spacial score (nSPS) is 11.2. The molecule has 2 aromatic carbocycles. The van der Waals surface area contributed by atoms with Gasteiger partial charge in [-0.05, 0) is 35.7 Å². The molecule has 0 amide bonds. The second-order valence-electron chi connectivity index (χ2n) is 6.98. The van der Waals surface area contributed by atoms with Crippen molar-refractivity contribution in [3.05, 3.63) is 71.8 Å². The standard InChI is InChI=1S/C22H23NO3Si/c1-26-22(25)18-10-12-19(13-11-18)23-21(17-8-6-5-7-9-17)16-20(24)14-15-27(2,3)4/h5-13,16,23H,1-4H3/b21-16-. The van der Waals surface area contributed by atoms with Gasteiger partial charge in [0.1, 0.15) is 8.07 Å². The maximum atomic E-state index is 12.3. The van der Waals surface area contributed by atoms with Crippen LogP contribution < -0.4 is 5.32 Å². The van der Waals surface area contributed by atoms with E-state index >= 15 is 0 Å². The molecule has 0 fully saturated rings. The zero-order valence-corrected chi connectivity index (χ0v) is 17.0. The molecule has 0 aliphatic rings. The van der Waals surface area contributed by atoms with E-state index < -0.39 is 14.0 Å². The van der Waals surface area contributed by atoms with Crippen LogP contribution in [0, 0.1) is 11.5 Å². The van der Waals surface area contributed by atoms with Crippen LogP contribution in [0.2, 0.25) is 19.6 Å². The number of hydrogen-bond acceptors (Lipinski definition) is 4. The molecule has 0 aliphatic heterocycles. The molecule has 0 aliphatic carbocycles. The fourth-order valence-corrected chi connectivity index (χ4v) is 2.69. The molecule has 0 atom stereocenters. The van der Waals surface area contributed by atoms with E-state index in [4.69, 9.17) is 4.74 Å². The fourth-order valence-electron chi connectivity index (χ4n) is 2.19. The highest BCUT2D eigenvalue weighted by molar-refractivity contribution is 6.84. The Morgan fingerprint density at radius 1 is 0.963 bits per heavy atom. The smallest absolute Gasteiger partial charge is 0.337 e. The van der Waals surface area contributed by atoms with Crippen molar-refractivity contribution < 1.29 is 14.3 Å². The van der Waals surface area contributed by atoms with E-state index in [9.17, 15) is 9.59 Å². The molecular weight excluding hydrogens is 354 g/mol. The monoisotopic (exact) mass is 377 g/mol. The van der Waals surface area contributed by atoms with Gasteiger partial charge in [0.15, 0.2) is 0 Å². The second-order valence-corrected chi connectivity index (χ2v) is 11.7. The van der Waals surface area contributed by atoms with Crippen molar-refractivity contribution in [1.29, 1.82) is 0 Å². The van der Waals surface area contributed by atoms with E-state index in [1.165, 1.54) is 13.2 Å². The van der Waals surface area contributed by atoms with Crippen molar-refractivity contribution in [3.63, 3.8) is 0 Å². The number of carbonyl (C=O) groups is 2. The van der Waals surface area contributed by atoms with Crippen molar-refractivity contribution >= 4 is 31.2 Å². The number of esters is 1. The summed E-state index contributed by atoms with van der Waals surface area (Å²) in [5.41, 5.74) is 5.82. The third-order valence-electron chi connectivity index (χ3n) is 3.51. The highest BCUT2D eigenvalue weighted by Crippen LogP contribution is 2.19. The molecule has 0 saturated carbocycles. The number of rotatable bonds is 5. The van der Waals surface area contributed by atoms with Crippen LogP contribution in [0.5, 0.6) is 0 Å². The molecule has 5 heteroatoms. The van der Waals surface area contributed by atoms with Gasteiger partial charge in [-0.1, -0.05) is 50.0 Å². The van der Waals surface area contributed by atoms with Crippen LogP contribution in [0.25, 0.3) is 5.70 Å². The largest absolute Gasteiger partial charge is 0.465 e. The van der Waals surface area contributed by atoms with Gasteiger partial charge >= 0.3 is 5.97 Å². The first-order chi connectivity index (χ1) is 12.8.